The number of carbonyl (C=O) groups excluding carboxylic acids is 2. The zero-order chi connectivity index (χ0) is 28.4. The molecule has 7 heteroatoms. The first-order valence-corrected chi connectivity index (χ1v) is 14.6. The minimum absolute atomic E-state index is 0.0152. The van der Waals surface area contributed by atoms with Gasteiger partial charge in [0.15, 0.2) is 0 Å². The molecular weight excluding hydrogens is 498 g/mol. The molecule has 40 heavy (non-hydrogen) atoms. The first kappa shape index (κ1) is 28.1. The second kappa shape index (κ2) is 11.6. The van der Waals surface area contributed by atoms with E-state index in [-0.39, 0.29) is 23.1 Å². The van der Waals surface area contributed by atoms with E-state index in [0.717, 1.165) is 68.8 Å². The third kappa shape index (κ3) is 6.64. The Kier molecular flexibility index (Phi) is 8.13. The highest BCUT2D eigenvalue weighted by atomic mass is 16.2. The predicted molar refractivity (Wildman–Crippen MR) is 160 cm³/mol. The van der Waals surface area contributed by atoms with Gasteiger partial charge < -0.3 is 15.1 Å². The average molecular weight is 542 g/mol. The van der Waals surface area contributed by atoms with Crippen molar-refractivity contribution in [2.45, 2.75) is 52.9 Å². The van der Waals surface area contributed by atoms with Crippen molar-refractivity contribution >= 4 is 17.5 Å². The summed E-state index contributed by atoms with van der Waals surface area (Å²) in [7, 11) is 1.93. The number of aryl methyl sites for hydroxylation is 2. The molecule has 7 nitrogen and oxygen atoms in total. The number of aromatic nitrogens is 2. The van der Waals surface area contributed by atoms with Crippen LogP contribution < -0.4 is 5.32 Å². The van der Waals surface area contributed by atoms with Gasteiger partial charge in [0.05, 0.1) is 12.1 Å². The van der Waals surface area contributed by atoms with Gasteiger partial charge in [-0.05, 0) is 72.9 Å². The van der Waals surface area contributed by atoms with Gasteiger partial charge in [-0.3, -0.25) is 14.3 Å². The second-order valence-electron chi connectivity index (χ2n) is 12.9. The van der Waals surface area contributed by atoms with Crippen LogP contribution in [0.25, 0.3) is 11.1 Å². The lowest BCUT2D eigenvalue weighted by Crippen LogP contribution is -2.38. The number of likely N-dealkylation sites (tertiary alicyclic amines) is 2. The van der Waals surface area contributed by atoms with Gasteiger partial charge in [0.25, 0.3) is 5.91 Å². The fourth-order valence-electron chi connectivity index (χ4n) is 6.10. The molecule has 1 atom stereocenters. The molecule has 3 heterocycles. The van der Waals surface area contributed by atoms with Gasteiger partial charge in [-0.2, -0.15) is 5.10 Å². The lowest BCUT2D eigenvalue weighted by molar-refractivity contribution is -0.119. The molecule has 3 aromatic rings. The number of nitrogens with one attached hydrogen (secondary N) is 1. The zero-order valence-corrected chi connectivity index (χ0v) is 24.6. The number of carbonyl (C=O) groups is 2. The summed E-state index contributed by atoms with van der Waals surface area (Å²) in [5, 5.41) is 7.41. The highest BCUT2D eigenvalue weighted by Gasteiger charge is 2.31. The third-order valence-electron chi connectivity index (χ3n) is 8.29. The number of hydrogen-bond acceptors (Lipinski definition) is 4. The maximum Gasteiger partial charge on any atom is 0.253 e. The van der Waals surface area contributed by atoms with Gasteiger partial charge in [-0.1, -0.05) is 51.1 Å². The molecular formula is C33H43N5O2. The van der Waals surface area contributed by atoms with E-state index in [2.05, 4.69) is 60.4 Å². The van der Waals surface area contributed by atoms with Gasteiger partial charge in [-0.15, -0.1) is 0 Å². The Morgan fingerprint density at radius 2 is 1.70 bits per heavy atom. The summed E-state index contributed by atoms with van der Waals surface area (Å²) in [6.07, 6.45) is 6.68. The van der Waals surface area contributed by atoms with Crippen molar-refractivity contribution in [2.75, 3.05) is 38.0 Å². The smallest absolute Gasteiger partial charge is 0.253 e. The van der Waals surface area contributed by atoms with E-state index in [1.807, 2.05) is 54.1 Å². The molecule has 2 amide bonds. The van der Waals surface area contributed by atoms with E-state index in [4.69, 9.17) is 0 Å². The molecule has 0 spiro atoms. The zero-order valence-electron chi connectivity index (χ0n) is 24.6. The molecule has 0 saturated carbocycles. The SMILES string of the molecule is Cc1ccc(C(=O)N2CCC(c3ccc(-c4cnn(C)c4)cc3)CC2)cc1NC(=O)C1CCN(CC(C)(C)C)C1. The topological polar surface area (TPSA) is 70.5 Å². The Morgan fingerprint density at radius 3 is 2.35 bits per heavy atom. The van der Waals surface area contributed by atoms with E-state index >= 15 is 0 Å². The van der Waals surface area contributed by atoms with Crippen LogP contribution in [0.5, 0.6) is 0 Å². The summed E-state index contributed by atoms with van der Waals surface area (Å²) in [6, 6.07) is 14.5. The molecule has 212 valence electrons. The molecule has 2 aliphatic rings. The van der Waals surface area contributed by atoms with Gasteiger partial charge in [0.1, 0.15) is 0 Å². The van der Waals surface area contributed by atoms with E-state index in [1.165, 1.54) is 11.1 Å². The van der Waals surface area contributed by atoms with Crippen LogP contribution in [0, 0.1) is 18.3 Å². The van der Waals surface area contributed by atoms with Crippen LogP contribution in [0.3, 0.4) is 0 Å². The summed E-state index contributed by atoms with van der Waals surface area (Å²) in [5.41, 5.74) is 6.19. The number of benzene rings is 2. The first-order valence-electron chi connectivity index (χ1n) is 14.6. The lowest BCUT2D eigenvalue weighted by Gasteiger charge is -2.32. The molecule has 1 aromatic heterocycles. The largest absolute Gasteiger partial charge is 0.339 e. The van der Waals surface area contributed by atoms with Gasteiger partial charge in [0.2, 0.25) is 5.91 Å². The van der Waals surface area contributed by atoms with Crippen LogP contribution in [-0.4, -0.2) is 64.1 Å². The molecule has 0 radical (unpaired) electrons. The molecule has 2 fully saturated rings. The molecule has 2 aromatic carbocycles. The average Bonchev–Trinajstić information content (AvgIpc) is 3.58. The molecule has 1 unspecified atom stereocenters. The van der Waals surface area contributed by atoms with Crippen LogP contribution in [0.2, 0.25) is 0 Å². The molecule has 1 N–H and O–H groups in total. The second-order valence-corrected chi connectivity index (χ2v) is 12.9. The van der Waals surface area contributed by atoms with Crippen molar-refractivity contribution in [3.8, 4) is 11.1 Å². The van der Waals surface area contributed by atoms with Crippen LogP contribution in [0.4, 0.5) is 5.69 Å². The highest BCUT2D eigenvalue weighted by molar-refractivity contribution is 5.98. The van der Waals surface area contributed by atoms with E-state index in [0.29, 0.717) is 11.5 Å². The van der Waals surface area contributed by atoms with Crippen molar-refractivity contribution in [2.24, 2.45) is 18.4 Å². The predicted octanol–water partition coefficient (Wildman–Crippen LogP) is 5.72. The minimum atomic E-state index is -0.0152. The Morgan fingerprint density at radius 1 is 0.975 bits per heavy atom. The normalized spacial score (nSPS) is 18.7. The molecule has 2 aliphatic heterocycles. The summed E-state index contributed by atoms with van der Waals surface area (Å²) < 4.78 is 1.82. The highest BCUT2D eigenvalue weighted by Crippen LogP contribution is 2.31. The van der Waals surface area contributed by atoms with Crippen LogP contribution in [0.1, 0.15) is 67.4 Å². The lowest BCUT2D eigenvalue weighted by atomic mass is 9.88. The van der Waals surface area contributed by atoms with Gasteiger partial charge in [0, 0.05) is 56.2 Å². The summed E-state index contributed by atoms with van der Waals surface area (Å²) in [6.45, 7) is 12.9. The van der Waals surface area contributed by atoms with Crippen LogP contribution in [0.15, 0.2) is 54.9 Å². The third-order valence-corrected chi connectivity index (χ3v) is 8.29. The number of piperidine rings is 1. The van der Waals surface area contributed by atoms with Crippen molar-refractivity contribution in [1.29, 1.82) is 0 Å². The van der Waals surface area contributed by atoms with Crippen LogP contribution in [-0.2, 0) is 11.8 Å². The number of amides is 2. The number of nitrogens with zero attached hydrogens (tertiary/aromatic N) is 4. The minimum Gasteiger partial charge on any atom is -0.339 e. The van der Waals surface area contributed by atoms with E-state index in [9.17, 15) is 9.59 Å². The van der Waals surface area contributed by atoms with Gasteiger partial charge >= 0.3 is 0 Å². The Labute approximate surface area is 238 Å². The number of hydrogen-bond donors (Lipinski definition) is 1. The van der Waals surface area contributed by atoms with Crippen molar-refractivity contribution in [3.05, 3.63) is 71.5 Å². The number of rotatable bonds is 6. The molecule has 5 rings (SSSR count). The Bertz CT molecular complexity index is 1350. The quantitative estimate of drug-likeness (QED) is 0.433. The van der Waals surface area contributed by atoms with Crippen molar-refractivity contribution in [1.82, 2.24) is 19.6 Å². The Balaban J connectivity index is 1.16. The fourth-order valence-corrected chi connectivity index (χ4v) is 6.10. The fraction of sp³-hybridized carbons (Fsp3) is 0.485. The standard InChI is InChI=1S/C33H43N5O2/c1-23-6-7-27(18-30(23)35-31(39)28-12-15-37(21-28)22-33(2,3)4)32(40)38-16-13-26(14-17-38)24-8-10-25(11-9-24)29-19-34-36(5)20-29/h6-11,18-20,26,28H,12-17,21-22H2,1-5H3,(H,35,39). The van der Waals surface area contributed by atoms with Crippen molar-refractivity contribution in [3.63, 3.8) is 0 Å². The van der Waals surface area contributed by atoms with E-state index in [1.54, 1.807) is 0 Å². The molecule has 0 bridgehead atoms. The van der Waals surface area contributed by atoms with Crippen molar-refractivity contribution < 1.29 is 9.59 Å². The maximum atomic E-state index is 13.4. The molecule has 0 aliphatic carbocycles. The number of anilines is 1. The molecule has 2 saturated heterocycles. The monoisotopic (exact) mass is 541 g/mol. The summed E-state index contributed by atoms with van der Waals surface area (Å²) >= 11 is 0. The summed E-state index contributed by atoms with van der Waals surface area (Å²) in [5.74, 6) is 0.528. The van der Waals surface area contributed by atoms with E-state index < -0.39 is 0 Å². The maximum absolute atomic E-state index is 13.4. The Hall–Kier alpha value is -3.45. The summed E-state index contributed by atoms with van der Waals surface area (Å²) in [4.78, 5) is 30.9. The first-order chi connectivity index (χ1) is 19.1. The van der Waals surface area contributed by atoms with Gasteiger partial charge in [-0.25, -0.2) is 0 Å². The van der Waals surface area contributed by atoms with Crippen LogP contribution >= 0.6 is 0 Å².